The number of ether oxygens (including phenoxy) is 1. The van der Waals surface area contributed by atoms with E-state index < -0.39 is 0 Å². The van der Waals surface area contributed by atoms with E-state index in [0.29, 0.717) is 12.5 Å². The van der Waals surface area contributed by atoms with Gasteiger partial charge in [0.15, 0.2) is 0 Å². The molecule has 5 nitrogen and oxygen atoms in total. The van der Waals surface area contributed by atoms with Crippen molar-refractivity contribution in [3.05, 3.63) is 59.8 Å². The molecule has 2 heterocycles. The van der Waals surface area contributed by atoms with E-state index >= 15 is 0 Å². The van der Waals surface area contributed by atoms with Crippen LogP contribution in [0.2, 0.25) is 0 Å². The van der Waals surface area contributed by atoms with Crippen LogP contribution in [0.15, 0.2) is 48.7 Å². The zero-order chi connectivity index (χ0) is 19.1. The minimum Gasteiger partial charge on any atom is -0.445 e. The molecule has 1 aromatic carbocycles. The van der Waals surface area contributed by atoms with Gasteiger partial charge in [-0.3, -0.25) is 0 Å². The van der Waals surface area contributed by atoms with Gasteiger partial charge in [-0.05, 0) is 42.4 Å². The van der Waals surface area contributed by atoms with E-state index in [1.165, 1.54) is 0 Å². The van der Waals surface area contributed by atoms with Gasteiger partial charge in [-0.2, -0.15) is 0 Å². The zero-order valence-corrected chi connectivity index (χ0v) is 16.2. The Labute approximate surface area is 161 Å². The molecule has 0 aliphatic carbocycles. The predicted octanol–water partition coefficient (Wildman–Crippen LogP) is 5.01. The fourth-order valence-electron chi connectivity index (χ4n) is 3.31. The lowest BCUT2D eigenvalue weighted by atomic mass is 9.97. The van der Waals surface area contributed by atoms with Crippen LogP contribution in [0.1, 0.15) is 50.3 Å². The first-order valence-corrected chi connectivity index (χ1v) is 9.80. The molecule has 1 fully saturated rings. The minimum atomic E-state index is -0.245. The van der Waals surface area contributed by atoms with Crippen molar-refractivity contribution in [2.75, 3.05) is 18.4 Å². The number of hydrogen-bond donors (Lipinski definition) is 1. The second kappa shape index (κ2) is 9.40. The molecule has 27 heavy (non-hydrogen) atoms. The number of aromatic nitrogens is 1. The van der Waals surface area contributed by atoms with Crippen molar-refractivity contribution in [2.24, 2.45) is 5.92 Å². The number of hydrogen-bond acceptors (Lipinski definition) is 4. The van der Waals surface area contributed by atoms with Gasteiger partial charge >= 0.3 is 6.09 Å². The molecule has 1 atom stereocenters. The molecule has 2 aromatic rings. The molecule has 0 radical (unpaired) electrons. The van der Waals surface area contributed by atoms with Crippen molar-refractivity contribution in [2.45, 2.75) is 45.8 Å². The largest absolute Gasteiger partial charge is 0.445 e. The Hall–Kier alpha value is -2.56. The first kappa shape index (κ1) is 19.2. The van der Waals surface area contributed by atoms with Crippen LogP contribution in [0, 0.1) is 5.92 Å². The van der Waals surface area contributed by atoms with E-state index in [-0.39, 0.29) is 12.1 Å². The van der Waals surface area contributed by atoms with Gasteiger partial charge < -0.3 is 15.0 Å². The normalized spacial score (nSPS) is 17.0. The number of carbonyl (C=O) groups is 1. The van der Waals surface area contributed by atoms with E-state index in [1.54, 1.807) is 0 Å². The first-order valence-electron chi connectivity index (χ1n) is 9.80. The highest BCUT2D eigenvalue weighted by atomic mass is 16.6. The van der Waals surface area contributed by atoms with Crippen molar-refractivity contribution in [1.82, 2.24) is 9.88 Å². The van der Waals surface area contributed by atoms with Gasteiger partial charge in [-0.1, -0.05) is 50.2 Å². The Bertz CT molecular complexity index is 716. The summed E-state index contributed by atoms with van der Waals surface area (Å²) in [6, 6.07) is 13.9. The molecule has 1 saturated heterocycles. The zero-order valence-electron chi connectivity index (χ0n) is 16.2. The maximum Gasteiger partial charge on any atom is 0.410 e. The fraction of sp³-hybridized carbons (Fsp3) is 0.455. The van der Waals surface area contributed by atoms with Gasteiger partial charge in [0.1, 0.15) is 12.4 Å². The Morgan fingerprint density at radius 2 is 2.04 bits per heavy atom. The summed E-state index contributed by atoms with van der Waals surface area (Å²) in [5.74, 6) is 1.45. The molecular formula is C22H29N3O2. The predicted molar refractivity (Wildman–Crippen MR) is 107 cm³/mol. The number of likely N-dealkylation sites (tertiary alicyclic amines) is 1. The molecule has 5 heteroatoms. The second-order valence-electron chi connectivity index (χ2n) is 7.50. The molecule has 1 aliphatic heterocycles. The van der Waals surface area contributed by atoms with Crippen molar-refractivity contribution in [3.63, 3.8) is 0 Å². The topological polar surface area (TPSA) is 54.5 Å². The lowest BCUT2D eigenvalue weighted by Gasteiger charge is -2.35. The monoisotopic (exact) mass is 367 g/mol. The van der Waals surface area contributed by atoms with E-state index in [2.05, 4.69) is 30.2 Å². The van der Waals surface area contributed by atoms with Crippen LogP contribution in [0.25, 0.3) is 0 Å². The smallest absolute Gasteiger partial charge is 0.410 e. The molecule has 0 bridgehead atoms. The fourth-order valence-corrected chi connectivity index (χ4v) is 3.31. The lowest BCUT2D eigenvalue weighted by Crippen LogP contribution is -2.38. The van der Waals surface area contributed by atoms with Gasteiger partial charge in [0.25, 0.3) is 0 Å². The van der Waals surface area contributed by atoms with Gasteiger partial charge in [0.2, 0.25) is 0 Å². The number of anilines is 1. The van der Waals surface area contributed by atoms with Crippen molar-refractivity contribution in [1.29, 1.82) is 0 Å². The number of piperidine rings is 1. The third-order valence-corrected chi connectivity index (χ3v) is 4.81. The molecule has 1 aliphatic rings. The highest BCUT2D eigenvalue weighted by Crippen LogP contribution is 2.31. The molecule has 0 saturated carbocycles. The highest BCUT2D eigenvalue weighted by molar-refractivity contribution is 5.68. The van der Waals surface area contributed by atoms with Crippen molar-refractivity contribution >= 4 is 11.9 Å². The molecule has 1 N–H and O–H groups in total. The highest BCUT2D eigenvalue weighted by Gasteiger charge is 2.29. The number of pyridine rings is 1. The van der Waals surface area contributed by atoms with Gasteiger partial charge in [-0.15, -0.1) is 0 Å². The van der Waals surface area contributed by atoms with Crippen molar-refractivity contribution < 1.29 is 9.53 Å². The number of amides is 1. The number of benzene rings is 1. The Kier molecular flexibility index (Phi) is 6.69. The summed E-state index contributed by atoms with van der Waals surface area (Å²) in [7, 11) is 0. The SMILES string of the molecule is CC(C)CNc1ccc(C2CCCCN2C(=O)OCc2ccccc2)cn1. The van der Waals surface area contributed by atoms with E-state index in [1.807, 2.05) is 47.5 Å². The number of nitrogens with zero attached hydrogens (tertiary/aromatic N) is 2. The molecular weight excluding hydrogens is 338 g/mol. The maximum absolute atomic E-state index is 12.7. The maximum atomic E-state index is 12.7. The average Bonchev–Trinajstić information content (AvgIpc) is 2.71. The minimum absolute atomic E-state index is 0.0358. The van der Waals surface area contributed by atoms with Crippen LogP contribution < -0.4 is 5.32 Å². The lowest BCUT2D eigenvalue weighted by molar-refractivity contribution is 0.0678. The van der Waals surface area contributed by atoms with Crippen LogP contribution in [-0.2, 0) is 11.3 Å². The van der Waals surface area contributed by atoms with Gasteiger partial charge in [0, 0.05) is 19.3 Å². The first-order chi connectivity index (χ1) is 13.1. The number of carbonyl (C=O) groups excluding carboxylic acids is 1. The van der Waals surface area contributed by atoms with E-state index in [0.717, 1.165) is 49.3 Å². The van der Waals surface area contributed by atoms with Gasteiger partial charge in [-0.25, -0.2) is 9.78 Å². The summed E-state index contributed by atoms with van der Waals surface area (Å²) in [6.07, 6.45) is 4.71. The Morgan fingerprint density at radius 3 is 2.74 bits per heavy atom. The van der Waals surface area contributed by atoms with Gasteiger partial charge in [0.05, 0.1) is 6.04 Å². The summed E-state index contributed by atoms with van der Waals surface area (Å²) in [6.45, 7) is 6.27. The summed E-state index contributed by atoms with van der Waals surface area (Å²) in [5.41, 5.74) is 2.07. The van der Waals surface area contributed by atoms with Crippen LogP contribution in [0.5, 0.6) is 0 Å². The third-order valence-electron chi connectivity index (χ3n) is 4.81. The summed E-state index contributed by atoms with van der Waals surface area (Å²) < 4.78 is 5.56. The Morgan fingerprint density at radius 1 is 1.22 bits per heavy atom. The molecule has 3 rings (SSSR count). The van der Waals surface area contributed by atoms with E-state index in [4.69, 9.17) is 4.74 Å². The molecule has 0 spiro atoms. The number of nitrogens with one attached hydrogen (secondary N) is 1. The molecule has 144 valence electrons. The summed E-state index contributed by atoms with van der Waals surface area (Å²) in [4.78, 5) is 19.0. The molecule has 1 amide bonds. The van der Waals surface area contributed by atoms with Crippen LogP contribution in [0.3, 0.4) is 0 Å². The number of rotatable bonds is 6. The molecule has 1 aromatic heterocycles. The molecule has 1 unspecified atom stereocenters. The standard InChI is InChI=1S/C22H29N3O2/c1-17(2)14-23-21-12-11-19(15-24-21)20-10-6-7-13-25(20)22(26)27-16-18-8-4-3-5-9-18/h3-5,8-9,11-12,15,17,20H,6-7,10,13-14,16H2,1-2H3,(H,23,24). The van der Waals surface area contributed by atoms with Crippen LogP contribution in [0.4, 0.5) is 10.6 Å². The third kappa shape index (κ3) is 5.46. The van der Waals surface area contributed by atoms with E-state index in [9.17, 15) is 4.79 Å². The second-order valence-corrected chi connectivity index (χ2v) is 7.50. The average molecular weight is 367 g/mol. The van der Waals surface area contributed by atoms with Crippen molar-refractivity contribution in [3.8, 4) is 0 Å². The van der Waals surface area contributed by atoms with Crippen LogP contribution >= 0.6 is 0 Å². The summed E-state index contributed by atoms with van der Waals surface area (Å²) in [5, 5.41) is 3.33. The quantitative estimate of drug-likeness (QED) is 0.779. The Balaban J connectivity index is 1.63. The summed E-state index contributed by atoms with van der Waals surface area (Å²) >= 11 is 0. The van der Waals surface area contributed by atoms with Crippen LogP contribution in [-0.4, -0.2) is 29.1 Å².